The van der Waals surface area contributed by atoms with Crippen molar-refractivity contribution >= 4 is 11.8 Å². The maximum atomic E-state index is 5.95. The molecule has 4 aromatic rings. The van der Waals surface area contributed by atoms with Crippen LogP contribution in [0.4, 0.5) is 0 Å². The maximum Gasteiger partial charge on any atom is 0.253 e. The van der Waals surface area contributed by atoms with Crippen LogP contribution in [0.3, 0.4) is 0 Å². The molecule has 2 aromatic heterocycles. The van der Waals surface area contributed by atoms with Crippen LogP contribution in [0.2, 0.25) is 0 Å². The summed E-state index contributed by atoms with van der Waals surface area (Å²) in [6, 6.07) is 18.4. The van der Waals surface area contributed by atoms with Crippen LogP contribution in [0.25, 0.3) is 22.7 Å². The van der Waals surface area contributed by atoms with Gasteiger partial charge in [-0.15, -0.1) is 22.0 Å². The molecule has 0 atom stereocenters. The van der Waals surface area contributed by atoms with E-state index in [1.807, 2.05) is 44.3 Å². The Morgan fingerprint density at radius 2 is 1.72 bits per heavy atom. The molecule has 0 amide bonds. The predicted molar refractivity (Wildman–Crippen MR) is 113 cm³/mol. The standard InChI is InChI=1S/C22H22N4O2S/c1-15-20(21(25-28-15)17-7-5-4-6-8-17)22-24-23-19(27-22)14-26(2)13-16-9-11-18(29-3)12-10-16/h4-12H,13-14H2,1-3H3. The Balaban J connectivity index is 1.49. The average Bonchev–Trinajstić information content (AvgIpc) is 3.35. The zero-order valence-electron chi connectivity index (χ0n) is 16.6. The predicted octanol–water partition coefficient (Wildman–Crippen LogP) is 5.05. The Hall–Kier alpha value is -2.90. The summed E-state index contributed by atoms with van der Waals surface area (Å²) in [5, 5.41) is 12.7. The topological polar surface area (TPSA) is 68.2 Å². The smallest absolute Gasteiger partial charge is 0.253 e. The quantitative estimate of drug-likeness (QED) is 0.398. The number of nitrogens with zero attached hydrogens (tertiary/aromatic N) is 4. The van der Waals surface area contributed by atoms with Crippen molar-refractivity contribution < 1.29 is 8.94 Å². The Kier molecular flexibility index (Phi) is 5.78. The van der Waals surface area contributed by atoms with Gasteiger partial charge in [-0.1, -0.05) is 47.6 Å². The van der Waals surface area contributed by atoms with Gasteiger partial charge in [-0.2, -0.15) is 0 Å². The molecule has 2 aromatic carbocycles. The molecule has 0 aliphatic rings. The molecule has 2 heterocycles. The van der Waals surface area contributed by atoms with Gasteiger partial charge in [0.25, 0.3) is 5.89 Å². The molecular weight excluding hydrogens is 384 g/mol. The molecule has 29 heavy (non-hydrogen) atoms. The molecule has 148 valence electrons. The van der Waals surface area contributed by atoms with Gasteiger partial charge in [0.05, 0.1) is 6.54 Å². The lowest BCUT2D eigenvalue weighted by molar-refractivity contribution is 0.282. The zero-order valence-corrected chi connectivity index (χ0v) is 17.4. The van der Waals surface area contributed by atoms with Gasteiger partial charge in [0.2, 0.25) is 5.89 Å². The van der Waals surface area contributed by atoms with Crippen molar-refractivity contribution in [3.05, 3.63) is 71.8 Å². The highest BCUT2D eigenvalue weighted by Gasteiger charge is 2.22. The van der Waals surface area contributed by atoms with Crippen molar-refractivity contribution in [2.24, 2.45) is 0 Å². The van der Waals surface area contributed by atoms with Crippen molar-refractivity contribution in [2.45, 2.75) is 24.9 Å². The molecule has 0 bridgehead atoms. The molecule has 0 spiro atoms. The minimum absolute atomic E-state index is 0.426. The van der Waals surface area contributed by atoms with Gasteiger partial charge >= 0.3 is 0 Å². The van der Waals surface area contributed by atoms with E-state index in [0.29, 0.717) is 29.8 Å². The molecule has 0 unspecified atom stereocenters. The summed E-state index contributed by atoms with van der Waals surface area (Å²) in [6.07, 6.45) is 2.08. The molecule has 0 aliphatic carbocycles. The highest BCUT2D eigenvalue weighted by molar-refractivity contribution is 7.98. The molecule has 6 nitrogen and oxygen atoms in total. The number of benzene rings is 2. The summed E-state index contributed by atoms with van der Waals surface area (Å²) in [5.41, 5.74) is 3.64. The summed E-state index contributed by atoms with van der Waals surface area (Å²) in [4.78, 5) is 3.40. The van der Waals surface area contributed by atoms with Crippen molar-refractivity contribution in [3.8, 4) is 22.7 Å². The van der Waals surface area contributed by atoms with E-state index >= 15 is 0 Å². The molecule has 7 heteroatoms. The van der Waals surface area contributed by atoms with Gasteiger partial charge in [-0.3, -0.25) is 4.90 Å². The molecule has 0 N–H and O–H groups in total. The SMILES string of the molecule is CSc1ccc(CN(C)Cc2nnc(-c3c(-c4ccccc4)noc3C)o2)cc1. The van der Waals surface area contributed by atoms with Gasteiger partial charge in [0.1, 0.15) is 17.0 Å². The van der Waals surface area contributed by atoms with Crippen LogP contribution < -0.4 is 0 Å². The fraction of sp³-hybridized carbons (Fsp3) is 0.227. The Morgan fingerprint density at radius 1 is 0.966 bits per heavy atom. The third-order valence-electron chi connectivity index (χ3n) is 4.61. The van der Waals surface area contributed by atoms with Crippen molar-refractivity contribution in [2.75, 3.05) is 13.3 Å². The van der Waals surface area contributed by atoms with Crippen LogP contribution in [0.1, 0.15) is 17.2 Å². The molecule has 0 saturated heterocycles. The molecule has 4 rings (SSSR count). The van der Waals surface area contributed by atoms with Crippen LogP contribution >= 0.6 is 11.8 Å². The Bertz CT molecular complexity index is 1070. The molecular formula is C22H22N4O2S. The Labute approximate surface area is 173 Å². The number of hydrogen-bond donors (Lipinski definition) is 0. The fourth-order valence-electron chi connectivity index (χ4n) is 3.17. The first-order chi connectivity index (χ1) is 14.1. The number of hydrogen-bond acceptors (Lipinski definition) is 7. The van der Waals surface area contributed by atoms with Crippen LogP contribution in [-0.2, 0) is 13.1 Å². The zero-order chi connectivity index (χ0) is 20.2. The van der Waals surface area contributed by atoms with Crippen LogP contribution in [-0.4, -0.2) is 33.6 Å². The lowest BCUT2D eigenvalue weighted by atomic mass is 10.1. The summed E-state index contributed by atoms with van der Waals surface area (Å²) in [5.74, 6) is 1.64. The first kappa shape index (κ1) is 19.4. The van der Waals surface area contributed by atoms with Gasteiger partial charge < -0.3 is 8.94 Å². The van der Waals surface area contributed by atoms with Crippen LogP contribution in [0.15, 0.2) is 68.4 Å². The normalized spacial score (nSPS) is 11.3. The van der Waals surface area contributed by atoms with Gasteiger partial charge in [-0.05, 0) is 37.9 Å². The van der Waals surface area contributed by atoms with Crippen molar-refractivity contribution in [1.82, 2.24) is 20.3 Å². The number of aryl methyl sites for hydroxylation is 1. The summed E-state index contributed by atoms with van der Waals surface area (Å²) >= 11 is 1.74. The highest BCUT2D eigenvalue weighted by atomic mass is 32.2. The highest BCUT2D eigenvalue weighted by Crippen LogP contribution is 2.33. The van der Waals surface area contributed by atoms with E-state index in [1.165, 1.54) is 10.5 Å². The maximum absolute atomic E-state index is 5.95. The molecule has 0 aliphatic heterocycles. The van der Waals surface area contributed by atoms with E-state index in [9.17, 15) is 0 Å². The van der Waals surface area contributed by atoms with E-state index in [1.54, 1.807) is 11.8 Å². The second-order valence-corrected chi connectivity index (χ2v) is 7.73. The third kappa shape index (κ3) is 4.41. The lowest BCUT2D eigenvalue weighted by Gasteiger charge is -2.14. The van der Waals surface area contributed by atoms with Gasteiger partial charge in [0, 0.05) is 17.0 Å². The number of thioether (sulfide) groups is 1. The average molecular weight is 407 g/mol. The summed E-state index contributed by atoms with van der Waals surface area (Å²) in [7, 11) is 2.03. The van der Waals surface area contributed by atoms with E-state index in [4.69, 9.17) is 8.94 Å². The minimum Gasteiger partial charge on any atom is -0.419 e. The number of rotatable bonds is 7. The van der Waals surface area contributed by atoms with Crippen molar-refractivity contribution in [3.63, 3.8) is 0 Å². The van der Waals surface area contributed by atoms with Gasteiger partial charge in [0.15, 0.2) is 0 Å². The van der Waals surface area contributed by atoms with Gasteiger partial charge in [-0.25, -0.2) is 0 Å². The van der Waals surface area contributed by atoms with Crippen LogP contribution in [0.5, 0.6) is 0 Å². The van der Waals surface area contributed by atoms with Crippen LogP contribution in [0, 0.1) is 6.92 Å². The first-order valence-electron chi connectivity index (χ1n) is 9.30. The minimum atomic E-state index is 0.426. The Morgan fingerprint density at radius 3 is 2.45 bits per heavy atom. The number of aromatic nitrogens is 3. The second-order valence-electron chi connectivity index (χ2n) is 6.85. The molecule has 0 fully saturated rings. The van der Waals surface area contributed by atoms with E-state index < -0.39 is 0 Å². The first-order valence-corrected chi connectivity index (χ1v) is 10.5. The molecule has 0 saturated carbocycles. The summed E-state index contributed by atoms with van der Waals surface area (Å²) in [6.45, 7) is 3.21. The second kappa shape index (κ2) is 8.63. The third-order valence-corrected chi connectivity index (χ3v) is 5.35. The molecule has 0 radical (unpaired) electrons. The fourth-order valence-corrected chi connectivity index (χ4v) is 3.57. The van der Waals surface area contributed by atoms with E-state index in [-0.39, 0.29) is 0 Å². The van der Waals surface area contributed by atoms with E-state index in [2.05, 4.69) is 50.8 Å². The monoisotopic (exact) mass is 406 g/mol. The van der Waals surface area contributed by atoms with Crippen molar-refractivity contribution in [1.29, 1.82) is 0 Å². The lowest BCUT2D eigenvalue weighted by Crippen LogP contribution is -2.17. The summed E-state index contributed by atoms with van der Waals surface area (Å²) < 4.78 is 11.4. The van der Waals surface area contributed by atoms with E-state index in [0.717, 1.165) is 17.7 Å². The largest absolute Gasteiger partial charge is 0.419 e.